The Bertz CT molecular complexity index is 320. The summed E-state index contributed by atoms with van der Waals surface area (Å²) in [4.78, 5) is 24.8. The number of aromatic nitrogens is 1. The molecule has 0 bridgehead atoms. The molecule has 6 heteroatoms. The van der Waals surface area contributed by atoms with Crippen LogP contribution in [0.25, 0.3) is 0 Å². The minimum atomic E-state index is -1.12. The Morgan fingerprint density at radius 1 is 1.67 bits per heavy atom. The van der Waals surface area contributed by atoms with Crippen LogP contribution in [0.15, 0.2) is 5.38 Å². The monoisotopic (exact) mass is 186 g/mol. The van der Waals surface area contributed by atoms with E-state index in [9.17, 15) is 9.59 Å². The Labute approximate surface area is 72.1 Å². The van der Waals surface area contributed by atoms with Crippen LogP contribution >= 0.6 is 11.3 Å². The van der Waals surface area contributed by atoms with Gasteiger partial charge in [0.15, 0.2) is 10.7 Å². The van der Waals surface area contributed by atoms with Crippen molar-refractivity contribution in [3.05, 3.63) is 16.1 Å². The van der Waals surface area contributed by atoms with Crippen LogP contribution in [0.3, 0.4) is 0 Å². The number of rotatable bonds is 2. The SMILES string of the molecule is CNC(=O)c1nc(C(=O)O)cs1. The maximum absolute atomic E-state index is 10.9. The Kier molecular flexibility index (Phi) is 2.39. The zero-order valence-electron chi connectivity index (χ0n) is 6.20. The fraction of sp³-hybridized carbons (Fsp3) is 0.167. The van der Waals surface area contributed by atoms with E-state index in [2.05, 4.69) is 10.3 Å². The Hall–Kier alpha value is -1.43. The van der Waals surface area contributed by atoms with Gasteiger partial charge in [-0.25, -0.2) is 9.78 Å². The third-order valence-electron chi connectivity index (χ3n) is 1.14. The molecule has 12 heavy (non-hydrogen) atoms. The van der Waals surface area contributed by atoms with Gasteiger partial charge in [-0.3, -0.25) is 4.79 Å². The highest BCUT2D eigenvalue weighted by Crippen LogP contribution is 2.08. The van der Waals surface area contributed by atoms with Gasteiger partial charge in [0, 0.05) is 12.4 Å². The first-order valence-electron chi connectivity index (χ1n) is 3.06. The molecule has 0 saturated carbocycles. The average molecular weight is 186 g/mol. The lowest BCUT2D eigenvalue weighted by molar-refractivity contribution is 0.0691. The molecule has 1 rings (SSSR count). The molecule has 1 amide bonds. The molecule has 0 radical (unpaired) electrons. The molecule has 0 fully saturated rings. The third kappa shape index (κ3) is 1.59. The topological polar surface area (TPSA) is 79.3 Å². The standard InChI is InChI=1S/C6H6N2O3S/c1-7-4(9)5-8-3(2-12-5)6(10)11/h2H,1H3,(H,7,9)(H,10,11). The number of carboxylic acids is 1. The van der Waals surface area contributed by atoms with Crippen LogP contribution in [0.1, 0.15) is 20.3 Å². The van der Waals surface area contributed by atoms with E-state index in [1.165, 1.54) is 12.4 Å². The van der Waals surface area contributed by atoms with E-state index >= 15 is 0 Å². The average Bonchev–Trinajstić information content (AvgIpc) is 2.51. The highest BCUT2D eigenvalue weighted by molar-refractivity contribution is 7.11. The lowest BCUT2D eigenvalue weighted by Gasteiger charge is -1.90. The van der Waals surface area contributed by atoms with Crippen molar-refractivity contribution in [3.63, 3.8) is 0 Å². The number of aromatic carboxylic acids is 1. The lowest BCUT2D eigenvalue weighted by atomic mass is 10.5. The molecule has 1 aromatic heterocycles. The number of amides is 1. The van der Waals surface area contributed by atoms with Gasteiger partial charge in [-0.15, -0.1) is 11.3 Å². The molecule has 1 heterocycles. The van der Waals surface area contributed by atoms with E-state index < -0.39 is 5.97 Å². The van der Waals surface area contributed by atoms with Gasteiger partial charge in [-0.1, -0.05) is 0 Å². The molecule has 0 saturated heterocycles. The number of carboxylic acid groups (broad SMARTS) is 1. The van der Waals surface area contributed by atoms with Crippen LogP contribution in [0, 0.1) is 0 Å². The predicted octanol–water partition coefficient (Wildman–Crippen LogP) is 0.201. The van der Waals surface area contributed by atoms with Gasteiger partial charge in [0.25, 0.3) is 5.91 Å². The summed E-state index contributed by atoms with van der Waals surface area (Å²) in [5.41, 5.74) is -0.0985. The number of hydrogen-bond acceptors (Lipinski definition) is 4. The van der Waals surface area contributed by atoms with Crippen LogP contribution in [0.4, 0.5) is 0 Å². The number of nitrogens with one attached hydrogen (secondary N) is 1. The van der Waals surface area contributed by atoms with Crippen LogP contribution < -0.4 is 5.32 Å². The predicted molar refractivity (Wildman–Crippen MR) is 42.5 cm³/mol. The third-order valence-corrected chi connectivity index (χ3v) is 1.99. The largest absolute Gasteiger partial charge is 0.476 e. The summed E-state index contributed by atoms with van der Waals surface area (Å²) in [6.07, 6.45) is 0. The second-order valence-corrected chi connectivity index (χ2v) is 2.78. The fourth-order valence-corrected chi connectivity index (χ4v) is 1.32. The summed E-state index contributed by atoms with van der Waals surface area (Å²) in [5, 5.41) is 12.3. The van der Waals surface area contributed by atoms with Crippen molar-refractivity contribution in [2.75, 3.05) is 7.05 Å². The molecule has 64 valence electrons. The van der Waals surface area contributed by atoms with Crippen molar-refractivity contribution in [2.45, 2.75) is 0 Å². The maximum atomic E-state index is 10.9. The van der Waals surface area contributed by atoms with Gasteiger partial charge in [-0.05, 0) is 0 Å². The van der Waals surface area contributed by atoms with Crippen molar-refractivity contribution < 1.29 is 14.7 Å². The van der Waals surface area contributed by atoms with Gasteiger partial charge in [-0.2, -0.15) is 0 Å². The zero-order valence-corrected chi connectivity index (χ0v) is 7.01. The van der Waals surface area contributed by atoms with E-state index in [0.717, 1.165) is 11.3 Å². The number of nitrogens with zero attached hydrogens (tertiary/aromatic N) is 1. The summed E-state index contributed by atoms with van der Waals surface area (Å²) in [5.74, 6) is -1.49. The highest BCUT2D eigenvalue weighted by Gasteiger charge is 2.12. The molecule has 0 aromatic carbocycles. The van der Waals surface area contributed by atoms with Crippen LogP contribution in [0.5, 0.6) is 0 Å². The first-order chi connectivity index (χ1) is 5.65. The van der Waals surface area contributed by atoms with Crippen molar-refractivity contribution in [1.82, 2.24) is 10.3 Å². The second-order valence-electron chi connectivity index (χ2n) is 1.92. The summed E-state index contributed by atoms with van der Waals surface area (Å²) in [6.45, 7) is 0. The zero-order chi connectivity index (χ0) is 9.14. The highest BCUT2D eigenvalue weighted by atomic mass is 32.1. The molecule has 0 aliphatic heterocycles. The van der Waals surface area contributed by atoms with Crippen molar-refractivity contribution >= 4 is 23.2 Å². The van der Waals surface area contributed by atoms with E-state index in [-0.39, 0.29) is 16.6 Å². The van der Waals surface area contributed by atoms with E-state index in [0.29, 0.717) is 0 Å². The summed E-state index contributed by atoms with van der Waals surface area (Å²) < 4.78 is 0. The van der Waals surface area contributed by atoms with Gasteiger partial charge >= 0.3 is 5.97 Å². The van der Waals surface area contributed by atoms with E-state index in [4.69, 9.17) is 5.11 Å². The van der Waals surface area contributed by atoms with E-state index in [1.54, 1.807) is 0 Å². The molecule has 1 aromatic rings. The number of carbonyl (C=O) groups is 2. The van der Waals surface area contributed by atoms with Gasteiger partial charge in [0.1, 0.15) is 0 Å². The molecular weight excluding hydrogens is 180 g/mol. The first kappa shape index (κ1) is 8.66. The Balaban J connectivity index is 2.91. The molecule has 0 unspecified atom stereocenters. The summed E-state index contributed by atoms with van der Waals surface area (Å²) in [7, 11) is 1.46. The molecule has 2 N–H and O–H groups in total. The quantitative estimate of drug-likeness (QED) is 0.691. The van der Waals surface area contributed by atoms with Gasteiger partial charge < -0.3 is 10.4 Å². The maximum Gasteiger partial charge on any atom is 0.355 e. The first-order valence-corrected chi connectivity index (χ1v) is 3.94. The minimum Gasteiger partial charge on any atom is -0.476 e. The van der Waals surface area contributed by atoms with Crippen LogP contribution in [0.2, 0.25) is 0 Å². The van der Waals surface area contributed by atoms with Gasteiger partial charge in [0.2, 0.25) is 0 Å². The Morgan fingerprint density at radius 3 is 2.75 bits per heavy atom. The van der Waals surface area contributed by atoms with Crippen molar-refractivity contribution in [2.24, 2.45) is 0 Å². The fourth-order valence-electron chi connectivity index (χ4n) is 0.583. The van der Waals surface area contributed by atoms with Gasteiger partial charge in [0.05, 0.1) is 0 Å². The summed E-state index contributed by atoms with van der Waals surface area (Å²) >= 11 is 1.01. The Morgan fingerprint density at radius 2 is 2.33 bits per heavy atom. The van der Waals surface area contributed by atoms with Crippen LogP contribution in [-0.2, 0) is 0 Å². The molecule has 0 aliphatic rings. The minimum absolute atomic E-state index is 0.0985. The molecule has 0 atom stereocenters. The molecule has 5 nitrogen and oxygen atoms in total. The normalized spacial score (nSPS) is 9.42. The van der Waals surface area contributed by atoms with Crippen molar-refractivity contribution in [1.29, 1.82) is 0 Å². The molecule has 0 spiro atoms. The van der Waals surface area contributed by atoms with Crippen molar-refractivity contribution in [3.8, 4) is 0 Å². The number of carbonyl (C=O) groups excluding carboxylic acids is 1. The van der Waals surface area contributed by atoms with E-state index in [1.807, 2.05) is 0 Å². The number of hydrogen-bond donors (Lipinski definition) is 2. The number of thiazole rings is 1. The molecular formula is C6H6N2O3S. The summed E-state index contributed by atoms with van der Waals surface area (Å²) in [6, 6.07) is 0. The second kappa shape index (κ2) is 3.31. The molecule has 0 aliphatic carbocycles. The smallest absolute Gasteiger partial charge is 0.355 e. The lowest BCUT2D eigenvalue weighted by Crippen LogP contribution is -2.17. The van der Waals surface area contributed by atoms with Crippen LogP contribution in [-0.4, -0.2) is 29.0 Å².